The maximum absolute atomic E-state index is 13.0. The number of carbonyl (C=O) groups excluding carboxylic acids is 1. The van der Waals surface area contributed by atoms with Gasteiger partial charge in [-0.1, -0.05) is 22.0 Å². The number of piperidine rings is 1. The minimum absolute atomic E-state index is 0.0947. The average molecular weight is 494 g/mol. The van der Waals surface area contributed by atoms with Gasteiger partial charge in [0.15, 0.2) is 0 Å². The summed E-state index contributed by atoms with van der Waals surface area (Å²) in [6.45, 7) is 6.34. The lowest BCUT2D eigenvalue weighted by Gasteiger charge is -2.38. The van der Waals surface area contributed by atoms with E-state index in [4.69, 9.17) is 0 Å². The molecule has 0 unspecified atom stereocenters. The van der Waals surface area contributed by atoms with Crippen LogP contribution in [0.1, 0.15) is 37.0 Å². The van der Waals surface area contributed by atoms with Crippen LogP contribution in [0.4, 0.5) is 5.69 Å². The van der Waals surface area contributed by atoms with Gasteiger partial charge in [-0.3, -0.25) is 9.52 Å². The van der Waals surface area contributed by atoms with Crippen LogP contribution in [-0.2, 0) is 10.0 Å². The minimum atomic E-state index is -3.73. The number of hydrogen-bond acceptors (Lipinski definition) is 4. The Morgan fingerprint density at radius 3 is 2.37 bits per heavy atom. The standard InChI is InChI=1S/C22H28BrN3O3S/c1-16(2)26-13-11-20(12-14-26)25(3)22(27)17-5-4-6-19(15-17)24-30(28,29)21-9-7-18(23)8-10-21/h4-10,15-16,20,24H,11-14H2,1-3H3. The third kappa shape index (κ3) is 5.42. The second-order valence-corrected chi connectivity index (χ2v) is 10.5. The molecule has 1 aliphatic heterocycles. The first-order chi connectivity index (χ1) is 14.2. The summed E-state index contributed by atoms with van der Waals surface area (Å²) in [5.74, 6) is -0.0947. The Hall–Kier alpha value is -1.90. The van der Waals surface area contributed by atoms with Crippen LogP contribution in [-0.4, -0.2) is 56.3 Å². The molecule has 2 aromatic carbocycles. The zero-order chi connectivity index (χ0) is 21.9. The summed E-state index contributed by atoms with van der Waals surface area (Å²) in [6, 6.07) is 13.8. The van der Waals surface area contributed by atoms with E-state index in [1.807, 2.05) is 7.05 Å². The molecule has 1 amide bonds. The SMILES string of the molecule is CC(C)N1CCC(N(C)C(=O)c2cccc(NS(=O)(=O)c3ccc(Br)cc3)c2)CC1. The van der Waals surface area contributed by atoms with Crippen LogP contribution in [0.25, 0.3) is 0 Å². The lowest BCUT2D eigenvalue weighted by Crippen LogP contribution is -2.47. The molecular formula is C22H28BrN3O3S. The summed E-state index contributed by atoms with van der Waals surface area (Å²) in [5.41, 5.74) is 0.839. The number of halogens is 1. The fourth-order valence-corrected chi connectivity index (χ4v) is 5.02. The van der Waals surface area contributed by atoms with Crippen LogP contribution in [0.15, 0.2) is 57.9 Å². The monoisotopic (exact) mass is 493 g/mol. The molecule has 0 bridgehead atoms. The van der Waals surface area contributed by atoms with Gasteiger partial charge in [0.25, 0.3) is 15.9 Å². The summed E-state index contributed by atoms with van der Waals surface area (Å²) in [6.07, 6.45) is 1.88. The van der Waals surface area contributed by atoms with E-state index < -0.39 is 10.0 Å². The fraction of sp³-hybridized carbons (Fsp3) is 0.409. The van der Waals surface area contributed by atoms with Gasteiger partial charge in [0.2, 0.25) is 0 Å². The Kier molecular flexibility index (Phi) is 7.21. The number of likely N-dealkylation sites (tertiary alicyclic amines) is 1. The van der Waals surface area contributed by atoms with Gasteiger partial charge in [-0.2, -0.15) is 0 Å². The Labute approximate surface area is 187 Å². The Bertz CT molecular complexity index is 985. The maximum Gasteiger partial charge on any atom is 0.261 e. The third-order valence-electron chi connectivity index (χ3n) is 5.58. The first kappa shape index (κ1) is 22.8. The summed E-state index contributed by atoms with van der Waals surface area (Å²) in [7, 11) is -1.90. The van der Waals surface area contributed by atoms with E-state index in [2.05, 4.69) is 39.4 Å². The number of anilines is 1. The van der Waals surface area contributed by atoms with Crippen LogP contribution in [0.3, 0.4) is 0 Å². The van der Waals surface area contributed by atoms with Crippen LogP contribution >= 0.6 is 15.9 Å². The Morgan fingerprint density at radius 2 is 1.77 bits per heavy atom. The second-order valence-electron chi connectivity index (χ2n) is 7.92. The second kappa shape index (κ2) is 9.49. The maximum atomic E-state index is 13.0. The highest BCUT2D eigenvalue weighted by molar-refractivity contribution is 9.10. The van der Waals surface area contributed by atoms with Crippen LogP contribution in [0.5, 0.6) is 0 Å². The van der Waals surface area contributed by atoms with Crippen molar-refractivity contribution in [2.24, 2.45) is 0 Å². The Balaban J connectivity index is 1.70. The molecule has 0 aliphatic carbocycles. The van der Waals surface area contributed by atoms with Crippen LogP contribution in [0, 0.1) is 0 Å². The largest absolute Gasteiger partial charge is 0.339 e. The molecule has 30 heavy (non-hydrogen) atoms. The molecular weight excluding hydrogens is 466 g/mol. The summed E-state index contributed by atoms with van der Waals surface area (Å²) >= 11 is 3.30. The van der Waals surface area contributed by atoms with Gasteiger partial charge in [0.1, 0.15) is 0 Å². The van der Waals surface area contributed by atoms with E-state index in [1.54, 1.807) is 41.3 Å². The minimum Gasteiger partial charge on any atom is -0.339 e. The van der Waals surface area contributed by atoms with E-state index in [0.29, 0.717) is 17.3 Å². The third-order valence-corrected chi connectivity index (χ3v) is 7.51. The van der Waals surface area contributed by atoms with Crippen molar-refractivity contribution in [3.63, 3.8) is 0 Å². The van der Waals surface area contributed by atoms with Gasteiger partial charge in [-0.25, -0.2) is 8.42 Å². The molecule has 3 rings (SSSR count). The topological polar surface area (TPSA) is 69.7 Å². The van der Waals surface area contributed by atoms with Gasteiger partial charge in [0.05, 0.1) is 4.90 Å². The number of carbonyl (C=O) groups is 1. The van der Waals surface area contributed by atoms with Crippen molar-refractivity contribution in [3.8, 4) is 0 Å². The highest BCUT2D eigenvalue weighted by atomic mass is 79.9. The Morgan fingerprint density at radius 1 is 1.13 bits per heavy atom. The number of benzene rings is 2. The zero-order valence-corrected chi connectivity index (χ0v) is 19.9. The van der Waals surface area contributed by atoms with Gasteiger partial charge in [-0.15, -0.1) is 0 Å². The number of nitrogens with one attached hydrogen (secondary N) is 1. The predicted octanol–water partition coefficient (Wildman–Crippen LogP) is 4.19. The number of nitrogens with zero attached hydrogens (tertiary/aromatic N) is 2. The van der Waals surface area contributed by atoms with E-state index >= 15 is 0 Å². The van der Waals surface area contributed by atoms with Gasteiger partial charge >= 0.3 is 0 Å². The molecule has 1 aliphatic rings. The lowest BCUT2D eigenvalue weighted by molar-refractivity contribution is 0.0615. The molecule has 6 nitrogen and oxygen atoms in total. The van der Waals surface area contributed by atoms with Crippen molar-refractivity contribution in [1.29, 1.82) is 0 Å². The highest BCUT2D eigenvalue weighted by Gasteiger charge is 2.27. The first-order valence-electron chi connectivity index (χ1n) is 10.1. The van der Waals surface area contributed by atoms with Crippen molar-refractivity contribution in [1.82, 2.24) is 9.80 Å². The summed E-state index contributed by atoms with van der Waals surface area (Å²) in [4.78, 5) is 17.4. The van der Waals surface area contributed by atoms with Gasteiger partial charge in [-0.05, 0) is 69.2 Å². The molecule has 0 saturated carbocycles. The molecule has 1 heterocycles. The van der Waals surface area contributed by atoms with E-state index in [-0.39, 0.29) is 16.8 Å². The molecule has 1 N–H and O–H groups in total. The van der Waals surface area contributed by atoms with Crippen LogP contribution in [0.2, 0.25) is 0 Å². The van der Waals surface area contributed by atoms with Crippen molar-refractivity contribution >= 4 is 37.5 Å². The van der Waals surface area contributed by atoms with E-state index in [1.165, 1.54) is 12.1 Å². The number of rotatable bonds is 6. The number of hydrogen-bond donors (Lipinski definition) is 1. The molecule has 0 spiro atoms. The zero-order valence-electron chi connectivity index (χ0n) is 17.5. The molecule has 1 saturated heterocycles. The highest BCUT2D eigenvalue weighted by Crippen LogP contribution is 2.22. The van der Waals surface area contributed by atoms with Crippen LogP contribution < -0.4 is 4.72 Å². The van der Waals surface area contributed by atoms with Gasteiger partial charge < -0.3 is 9.80 Å². The quantitative estimate of drug-likeness (QED) is 0.654. The molecule has 162 valence electrons. The number of sulfonamides is 1. The first-order valence-corrected chi connectivity index (χ1v) is 12.3. The molecule has 0 aromatic heterocycles. The molecule has 2 aromatic rings. The smallest absolute Gasteiger partial charge is 0.261 e. The van der Waals surface area contributed by atoms with E-state index in [9.17, 15) is 13.2 Å². The van der Waals surface area contributed by atoms with Gasteiger partial charge in [0, 0.05) is 47.9 Å². The van der Waals surface area contributed by atoms with Crippen molar-refractivity contribution in [2.75, 3.05) is 24.9 Å². The van der Waals surface area contributed by atoms with Crippen molar-refractivity contribution in [2.45, 2.75) is 43.7 Å². The predicted molar refractivity (Wildman–Crippen MR) is 123 cm³/mol. The normalized spacial score (nSPS) is 15.9. The fourth-order valence-electron chi connectivity index (χ4n) is 3.70. The number of amides is 1. The van der Waals surface area contributed by atoms with E-state index in [0.717, 1.165) is 30.4 Å². The lowest BCUT2D eigenvalue weighted by atomic mass is 10.0. The average Bonchev–Trinajstić information content (AvgIpc) is 2.73. The molecule has 0 radical (unpaired) electrons. The molecule has 8 heteroatoms. The van der Waals surface area contributed by atoms with Crippen molar-refractivity contribution < 1.29 is 13.2 Å². The molecule has 0 atom stereocenters. The molecule has 1 fully saturated rings. The summed E-state index contributed by atoms with van der Waals surface area (Å²) < 4.78 is 28.6. The summed E-state index contributed by atoms with van der Waals surface area (Å²) in [5, 5.41) is 0. The van der Waals surface area contributed by atoms with Crippen molar-refractivity contribution in [3.05, 3.63) is 58.6 Å².